The lowest BCUT2D eigenvalue weighted by molar-refractivity contribution is -0.150. The molecule has 0 bridgehead atoms. The largest absolute Gasteiger partial charge is 0.478 e. The van der Waals surface area contributed by atoms with Crippen molar-refractivity contribution in [3.8, 4) is 0 Å². The number of benzene rings is 1. The number of carbonyl (C=O) groups is 1. The maximum Gasteiger partial charge on any atom is 0.325 e. The van der Waals surface area contributed by atoms with Crippen LogP contribution in [0.4, 0.5) is 5.69 Å². The minimum atomic E-state index is -0.540. The molecular weight excluding hydrogens is 464 g/mol. The summed E-state index contributed by atoms with van der Waals surface area (Å²) in [6, 6.07) is 5.68. The fourth-order valence-electron chi connectivity index (χ4n) is 3.81. The average Bonchev–Trinajstić information content (AvgIpc) is 3.63. The molecule has 0 aliphatic carbocycles. The molecule has 0 aromatic heterocycles. The number of ether oxygens (including phenoxy) is 3. The Kier molecular flexibility index (Phi) is 11.3. The molecule has 1 aromatic rings. The van der Waals surface area contributed by atoms with Gasteiger partial charge in [-0.3, -0.25) is 15.1 Å². The Hall–Kier alpha value is -2.70. The van der Waals surface area contributed by atoms with Crippen LogP contribution in [0.15, 0.2) is 58.3 Å². The van der Waals surface area contributed by atoms with Crippen molar-refractivity contribution < 1.29 is 19.0 Å². The Morgan fingerprint density at radius 3 is 2.49 bits per heavy atom. The fraction of sp³-hybridized carbons (Fsp3) is 0.548. The first kappa shape index (κ1) is 30.5. The zero-order chi connectivity index (χ0) is 27.8. The topological polar surface area (TPSA) is 72.5 Å². The second kappa shape index (κ2) is 13.7. The first-order valence-electron chi connectivity index (χ1n) is 13.1. The van der Waals surface area contributed by atoms with Crippen molar-refractivity contribution in [3.05, 3.63) is 64.5 Å². The Labute approximate surface area is 223 Å². The Balaban J connectivity index is 2.24. The maximum atomic E-state index is 12.6. The molecule has 0 amide bonds. The first-order chi connectivity index (χ1) is 17.4. The van der Waals surface area contributed by atoms with E-state index in [4.69, 9.17) is 19.2 Å². The highest BCUT2D eigenvalue weighted by Crippen LogP contribution is 2.34. The van der Waals surface area contributed by atoms with E-state index in [-0.39, 0.29) is 30.0 Å². The summed E-state index contributed by atoms with van der Waals surface area (Å²) in [5.74, 6) is 0.962. The second-order valence-corrected chi connectivity index (χ2v) is 11.2. The van der Waals surface area contributed by atoms with Crippen molar-refractivity contribution in [2.75, 3.05) is 20.3 Å². The average molecular weight is 511 g/mol. The molecule has 6 nitrogen and oxygen atoms in total. The number of nitrogens with one attached hydrogen (secondary N) is 1. The van der Waals surface area contributed by atoms with Gasteiger partial charge in [-0.15, -0.1) is 0 Å². The summed E-state index contributed by atoms with van der Waals surface area (Å²) in [5.41, 5.74) is 6.26. The van der Waals surface area contributed by atoms with Gasteiger partial charge in [-0.1, -0.05) is 58.9 Å². The summed E-state index contributed by atoms with van der Waals surface area (Å²) >= 11 is 0. The molecule has 0 saturated carbocycles. The van der Waals surface area contributed by atoms with E-state index in [1.807, 2.05) is 40.7 Å². The third-order valence-corrected chi connectivity index (χ3v) is 6.02. The van der Waals surface area contributed by atoms with Crippen LogP contribution in [-0.4, -0.2) is 44.2 Å². The number of nitrogens with zero attached hydrogens (tertiary/aromatic N) is 1. The van der Waals surface area contributed by atoms with Crippen molar-refractivity contribution >= 4 is 17.4 Å². The maximum absolute atomic E-state index is 12.6. The molecule has 1 aliphatic heterocycles. The van der Waals surface area contributed by atoms with Gasteiger partial charge in [-0.05, 0) is 73.4 Å². The van der Waals surface area contributed by atoms with Gasteiger partial charge in [-0.2, -0.15) is 0 Å². The van der Waals surface area contributed by atoms with Crippen molar-refractivity contribution in [1.29, 1.82) is 0 Å². The second-order valence-electron chi connectivity index (χ2n) is 11.2. The normalized spacial score (nSPS) is 18.7. The van der Waals surface area contributed by atoms with Gasteiger partial charge < -0.3 is 14.2 Å². The highest BCUT2D eigenvalue weighted by molar-refractivity contribution is 6.05. The van der Waals surface area contributed by atoms with E-state index in [2.05, 4.69) is 63.4 Å². The van der Waals surface area contributed by atoms with Gasteiger partial charge in [-0.25, -0.2) is 0 Å². The number of aryl methyl sites for hydroxylation is 1. The van der Waals surface area contributed by atoms with Gasteiger partial charge in [0, 0.05) is 13.7 Å². The lowest BCUT2D eigenvalue weighted by Gasteiger charge is -2.22. The number of epoxide rings is 1. The molecule has 1 saturated heterocycles. The molecule has 37 heavy (non-hydrogen) atoms. The van der Waals surface area contributed by atoms with Crippen LogP contribution in [-0.2, 0) is 25.5 Å². The minimum absolute atomic E-state index is 0.0830. The number of esters is 1. The summed E-state index contributed by atoms with van der Waals surface area (Å²) in [6.07, 6.45) is 6.39. The van der Waals surface area contributed by atoms with Crippen molar-refractivity contribution in [1.82, 2.24) is 5.32 Å². The van der Waals surface area contributed by atoms with Gasteiger partial charge in [0.25, 0.3) is 0 Å². The number of aliphatic imine (C=N–C) groups is 1. The number of carbonyl (C=O) groups excluding carboxylic acids is 1. The van der Waals surface area contributed by atoms with E-state index in [0.717, 1.165) is 33.9 Å². The van der Waals surface area contributed by atoms with Gasteiger partial charge >= 0.3 is 5.97 Å². The number of hydrogen-bond donors (Lipinski definition) is 1. The van der Waals surface area contributed by atoms with Crippen LogP contribution in [0.1, 0.15) is 66.5 Å². The van der Waals surface area contributed by atoms with Crippen LogP contribution >= 0.6 is 0 Å². The van der Waals surface area contributed by atoms with Crippen LogP contribution in [0.5, 0.6) is 0 Å². The molecule has 1 heterocycles. The lowest BCUT2D eigenvalue weighted by atomic mass is 9.96. The Morgan fingerprint density at radius 2 is 1.95 bits per heavy atom. The summed E-state index contributed by atoms with van der Waals surface area (Å²) in [7, 11) is 1.58. The highest BCUT2D eigenvalue weighted by Gasteiger charge is 2.33. The molecule has 2 unspecified atom stereocenters. The summed E-state index contributed by atoms with van der Waals surface area (Å²) in [5, 5.41) is 3.30. The molecule has 1 aliphatic rings. The van der Waals surface area contributed by atoms with Gasteiger partial charge in [0.1, 0.15) is 11.8 Å². The third-order valence-electron chi connectivity index (χ3n) is 6.02. The van der Waals surface area contributed by atoms with Crippen LogP contribution in [0.3, 0.4) is 0 Å². The first-order valence-corrected chi connectivity index (χ1v) is 13.1. The number of rotatable bonds is 12. The van der Waals surface area contributed by atoms with E-state index in [1.54, 1.807) is 7.11 Å². The smallest absolute Gasteiger partial charge is 0.325 e. The Morgan fingerprint density at radius 1 is 1.24 bits per heavy atom. The summed E-state index contributed by atoms with van der Waals surface area (Å²) < 4.78 is 16.4. The van der Waals surface area contributed by atoms with Crippen molar-refractivity contribution in [2.24, 2.45) is 16.3 Å². The van der Waals surface area contributed by atoms with E-state index in [1.165, 1.54) is 5.57 Å². The molecule has 2 rings (SSSR count). The van der Waals surface area contributed by atoms with Gasteiger partial charge in [0.05, 0.1) is 24.6 Å². The van der Waals surface area contributed by atoms with Crippen LogP contribution < -0.4 is 5.32 Å². The van der Waals surface area contributed by atoms with Crippen LogP contribution in [0.2, 0.25) is 0 Å². The molecule has 1 fully saturated rings. The molecule has 0 spiro atoms. The van der Waals surface area contributed by atoms with Crippen LogP contribution in [0, 0.1) is 18.3 Å². The lowest BCUT2D eigenvalue weighted by Crippen LogP contribution is -2.42. The van der Waals surface area contributed by atoms with E-state index in [9.17, 15) is 4.79 Å². The van der Waals surface area contributed by atoms with Crippen LogP contribution in [0.25, 0.3) is 0 Å². The van der Waals surface area contributed by atoms with Gasteiger partial charge in [0.2, 0.25) is 0 Å². The monoisotopic (exact) mass is 510 g/mol. The molecule has 0 radical (unpaired) electrons. The molecule has 1 aromatic carbocycles. The number of methoxy groups -OCH3 is 1. The Bertz CT molecular complexity index is 1060. The molecular formula is C31H46N2O4. The predicted molar refractivity (Wildman–Crippen MR) is 152 cm³/mol. The number of hydrogen-bond acceptors (Lipinski definition) is 6. The standard InChI is InChI=1S/C31H46N2O4/c1-11-24(15-22(6)29-27(12-2)37-29)28(20(3)4)33-25-16-23(14-13-21(25)5)17-32-26(18-35-10)30(34)36-19-31(7,8)9/h11-16,20,26,29,32H,17-19H2,1-10H3/b22-15-,24-11+,27-12+,33-28?. The SMILES string of the molecule is C/C=C(\C=C(\C)C1O/C1=C/C)C(=Nc1cc(CNC(COC)C(=O)OCC(C)(C)C)ccc1C)C(C)C. The molecule has 2 atom stereocenters. The molecule has 1 N–H and O–H groups in total. The summed E-state index contributed by atoms with van der Waals surface area (Å²) in [4.78, 5) is 17.7. The molecule has 204 valence electrons. The van der Waals surface area contributed by atoms with E-state index >= 15 is 0 Å². The zero-order valence-corrected chi connectivity index (χ0v) is 24.4. The predicted octanol–water partition coefficient (Wildman–Crippen LogP) is 6.61. The van der Waals surface area contributed by atoms with E-state index < -0.39 is 6.04 Å². The van der Waals surface area contributed by atoms with Gasteiger partial charge in [0.15, 0.2) is 6.10 Å². The third kappa shape index (κ3) is 9.60. The zero-order valence-electron chi connectivity index (χ0n) is 24.4. The minimum Gasteiger partial charge on any atom is -0.478 e. The van der Waals surface area contributed by atoms with Crippen molar-refractivity contribution in [3.63, 3.8) is 0 Å². The quantitative estimate of drug-likeness (QED) is 0.148. The molecule has 6 heteroatoms. The number of allylic oxidation sites excluding steroid dienone is 4. The summed E-state index contributed by atoms with van der Waals surface area (Å²) in [6.45, 7) is 19.7. The van der Waals surface area contributed by atoms with E-state index in [0.29, 0.717) is 13.2 Å². The highest BCUT2D eigenvalue weighted by atomic mass is 16.6. The van der Waals surface area contributed by atoms with Crippen molar-refractivity contribution in [2.45, 2.75) is 81.0 Å². The fourth-order valence-corrected chi connectivity index (χ4v) is 3.81.